The molecule has 1 aromatic heterocycles. The molecule has 0 saturated carbocycles. The van der Waals surface area contributed by atoms with E-state index in [0.717, 1.165) is 0 Å². The molecule has 182 valence electrons. The molecule has 3 nitrogen and oxygen atoms in total. The highest BCUT2D eigenvalue weighted by molar-refractivity contribution is 7.25. The number of nitrogens with one attached hydrogen (secondary N) is 3. The fourth-order valence-electron chi connectivity index (χ4n) is 5.95. The average Bonchev–Trinajstić information content (AvgIpc) is 3.55. The fraction of sp³-hybridized carbons (Fsp3) is 0.0909. The van der Waals surface area contributed by atoms with Gasteiger partial charge in [-0.15, -0.1) is 11.3 Å². The van der Waals surface area contributed by atoms with E-state index in [-0.39, 0.29) is 18.5 Å². The fourth-order valence-corrected chi connectivity index (χ4v) is 8.50. The summed E-state index contributed by atoms with van der Waals surface area (Å²) in [5.41, 5.74) is 6.57. The first kappa shape index (κ1) is 22.4. The number of hydrogen-bond acceptors (Lipinski definition) is 4. The van der Waals surface area contributed by atoms with Gasteiger partial charge in [0.1, 0.15) is 9.52 Å². The van der Waals surface area contributed by atoms with Gasteiger partial charge < -0.3 is 0 Å². The predicted octanol–water partition coefficient (Wildman–Crippen LogP) is 5.87. The second-order valence-electron chi connectivity index (χ2n) is 10.0. The minimum Gasteiger partial charge on any atom is -0.279 e. The highest BCUT2D eigenvalue weighted by atomic mass is 32.1. The van der Waals surface area contributed by atoms with Crippen molar-refractivity contribution in [2.24, 2.45) is 0 Å². The molecule has 8 rings (SSSR count). The summed E-state index contributed by atoms with van der Waals surface area (Å²) < 4.78 is 2.67. The lowest BCUT2D eigenvalue weighted by Gasteiger charge is -2.40. The van der Waals surface area contributed by atoms with Crippen LogP contribution < -0.4 is 26.3 Å². The molecule has 3 heterocycles. The highest BCUT2D eigenvalue weighted by Crippen LogP contribution is 2.37. The Bertz CT molecular complexity index is 1810. The van der Waals surface area contributed by atoms with Crippen molar-refractivity contribution in [3.05, 3.63) is 132 Å². The summed E-state index contributed by atoms with van der Waals surface area (Å²) >= 11 is 1.87. The van der Waals surface area contributed by atoms with Crippen molar-refractivity contribution < 1.29 is 0 Å². The Morgan fingerprint density at radius 1 is 0.526 bits per heavy atom. The molecule has 3 atom stereocenters. The van der Waals surface area contributed by atoms with Crippen molar-refractivity contribution in [3.63, 3.8) is 0 Å². The normalized spacial score (nSPS) is 20.5. The molecule has 1 fully saturated rings. The van der Waals surface area contributed by atoms with Crippen LogP contribution in [0.5, 0.6) is 0 Å². The van der Waals surface area contributed by atoms with Gasteiger partial charge in [-0.2, -0.15) is 0 Å². The minimum absolute atomic E-state index is 0.00368. The third-order valence-corrected chi connectivity index (χ3v) is 10.3. The Hall–Kier alpha value is -3.58. The molecule has 0 spiro atoms. The minimum atomic E-state index is -0.00420. The average molecular weight is 524 g/mol. The first-order chi connectivity index (χ1) is 18.8. The summed E-state index contributed by atoms with van der Waals surface area (Å²) in [7, 11) is 0.709. The number of rotatable bonds is 3. The van der Waals surface area contributed by atoms with E-state index in [4.69, 9.17) is 0 Å². The Morgan fingerprint density at radius 2 is 1.24 bits per heavy atom. The van der Waals surface area contributed by atoms with Crippen LogP contribution >= 0.6 is 11.3 Å². The maximum absolute atomic E-state index is 3.93. The molecule has 0 amide bonds. The zero-order chi connectivity index (χ0) is 25.1. The van der Waals surface area contributed by atoms with E-state index in [9.17, 15) is 0 Å². The van der Waals surface area contributed by atoms with E-state index in [1.165, 1.54) is 58.4 Å². The lowest BCUT2D eigenvalue weighted by molar-refractivity contribution is 0.204. The molecule has 38 heavy (non-hydrogen) atoms. The van der Waals surface area contributed by atoms with E-state index in [0.29, 0.717) is 9.52 Å². The predicted molar refractivity (Wildman–Crippen MR) is 160 cm³/mol. The van der Waals surface area contributed by atoms with Gasteiger partial charge in [0, 0.05) is 20.2 Å². The van der Waals surface area contributed by atoms with Gasteiger partial charge in [-0.05, 0) is 39.9 Å². The topological polar surface area (TPSA) is 36.1 Å². The highest BCUT2D eigenvalue weighted by Gasteiger charge is 2.33. The van der Waals surface area contributed by atoms with Crippen LogP contribution in [0.2, 0.25) is 0 Å². The van der Waals surface area contributed by atoms with E-state index in [1.54, 1.807) is 0 Å². The molecule has 6 aromatic rings. The molecule has 2 aliphatic heterocycles. The van der Waals surface area contributed by atoms with Gasteiger partial charge >= 0.3 is 0 Å². The zero-order valence-corrected chi connectivity index (χ0v) is 22.4. The van der Waals surface area contributed by atoms with Crippen LogP contribution in [0.3, 0.4) is 0 Å². The van der Waals surface area contributed by atoms with E-state index in [2.05, 4.69) is 131 Å². The molecule has 5 aromatic carbocycles. The Kier molecular flexibility index (Phi) is 5.31. The largest absolute Gasteiger partial charge is 0.279 e. The van der Waals surface area contributed by atoms with Gasteiger partial charge in [-0.1, -0.05) is 114 Å². The van der Waals surface area contributed by atoms with Crippen LogP contribution in [0.25, 0.3) is 31.3 Å². The van der Waals surface area contributed by atoms with Crippen molar-refractivity contribution >= 4 is 51.4 Å². The van der Waals surface area contributed by atoms with Gasteiger partial charge in [0.25, 0.3) is 0 Å². The van der Waals surface area contributed by atoms with Gasteiger partial charge in [-0.3, -0.25) is 16.0 Å². The SMILES string of the molecule is c1ccc(C2NC(c3ccc4c(c3)sc3ccccc34)NC(c3cccc4c3-c3ccccc3[Si]4)N2)cc1. The summed E-state index contributed by atoms with van der Waals surface area (Å²) in [5.74, 6) is 0. The lowest BCUT2D eigenvalue weighted by Crippen LogP contribution is -2.54. The lowest BCUT2D eigenvalue weighted by atomic mass is 9.96. The molecule has 0 aliphatic carbocycles. The molecule has 2 radical (unpaired) electrons. The van der Waals surface area contributed by atoms with Gasteiger partial charge in [0.05, 0.1) is 18.5 Å². The third-order valence-electron chi connectivity index (χ3n) is 7.74. The molecule has 2 aliphatic rings. The Balaban J connectivity index is 1.23. The maximum Gasteiger partial charge on any atom is 0.123 e. The summed E-state index contributed by atoms with van der Waals surface area (Å²) in [6.07, 6.45) is 0.00648. The number of hydrogen-bond donors (Lipinski definition) is 3. The van der Waals surface area contributed by atoms with Gasteiger partial charge in [0.2, 0.25) is 0 Å². The number of thiophene rings is 1. The smallest absolute Gasteiger partial charge is 0.123 e. The quantitative estimate of drug-likeness (QED) is 0.254. The van der Waals surface area contributed by atoms with E-state index in [1.807, 2.05) is 11.3 Å². The summed E-state index contributed by atoms with van der Waals surface area (Å²) in [6, 6.07) is 42.0. The van der Waals surface area contributed by atoms with Crippen molar-refractivity contribution in [2.75, 3.05) is 0 Å². The first-order valence-electron chi connectivity index (χ1n) is 13.1. The second kappa shape index (κ2) is 9.01. The van der Waals surface area contributed by atoms with Crippen LogP contribution in [-0.2, 0) is 0 Å². The van der Waals surface area contributed by atoms with Crippen LogP contribution in [-0.4, -0.2) is 9.52 Å². The second-order valence-corrected chi connectivity index (χ2v) is 12.4. The summed E-state index contributed by atoms with van der Waals surface area (Å²) in [4.78, 5) is 0. The van der Waals surface area contributed by atoms with Crippen LogP contribution in [0.1, 0.15) is 35.2 Å². The number of fused-ring (bicyclic) bond motifs is 6. The van der Waals surface area contributed by atoms with Crippen molar-refractivity contribution in [3.8, 4) is 11.1 Å². The summed E-state index contributed by atoms with van der Waals surface area (Å²) in [5, 5.41) is 17.2. The first-order valence-corrected chi connectivity index (χ1v) is 14.9. The zero-order valence-electron chi connectivity index (χ0n) is 20.6. The van der Waals surface area contributed by atoms with E-state index < -0.39 is 0 Å². The van der Waals surface area contributed by atoms with Crippen molar-refractivity contribution in [1.82, 2.24) is 16.0 Å². The number of benzene rings is 5. The standard InChI is InChI=1S/C33H25N3SSi/c1-2-9-20(10-3-1)31-34-32(21-17-18-23-22-11-4-6-14-26(22)37-27(23)19-21)36-33(35-31)25-13-8-16-29-30(25)24-12-5-7-15-28(24)38-29/h1-19,31-36H. The Morgan fingerprint density at radius 3 is 2.16 bits per heavy atom. The van der Waals surface area contributed by atoms with Crippen LogP contribution in [0.4, 0.5) is 0 Å². The molecular formula is C33H25N3SSi. The van der Waals surface area contributed by atoms with Gasteiger partial charge in [-0.25, -0.2) is 0 Å². The maximum atomic E-state index is 3.93. The molecule has 1 saturated heterocycles. The Labute approximate surface area is 228 Å². The molecule has 3 unspecified atom stereocenters. The van der Waals surface area contributed by atoms with Crippen molar-refractivity contribution in [2.45, 2.75) is 18.5 Å². The third kappa shape index (κ3) is 3.67. The van der Waals surface area contributed by atoms with Gasteiger partial charge in [0.15, 0.2) is 0 Å². The van der Waals surface area contributed by atoms with Crippen LogP contribution in [0, 0.1) is 0 Å². The summed E-state index contributed by atoms with van der Waals surface area (Å²) in [6.45, 7) is 0. The molecule has 3 N–H and O–H groups in total. The van der Waals surface area contributed by atoms with E-state index >= 15 is 0 Å². The van der Waals surface area contributed by atoms with Crippen LogP contribution in [0.15, 0.2) is 115 Å². The molecule has 0 bridgehead atoms. The monoisotopic (exact) mass is 523 g/mol. The molecular weight excluding hydrogens is 499 g/mol. The van der Waals surface area contributed by atoms with Crippen molar-refractivity contribution in [1.29, 1.82) is 0 Å². The molecule has 5 heteroatoms.